The summed E-state index contributed by atoms with van der Waals surface area (Å²) in [4.78, 5) is 30.2. The van der Waals surface area contributed by atoms with E-state index in [9.17, 15) is 27.2 Å². The van der Waals surface area contributed by atoms with Crippen molar-refractivity contribution in [2.45, 2.75) is 25.8 Å². The van der Waals surface area contributed by atoms with Gasteiger partial charge in [0.15, 0.2) is 17.5 Å². The van der Waals surface area contributed by atoms with E-state index in [1.165, 1.54) is 12.8 Å². The minimum absolute atomic E-state index is 0.0471. The molecule has 0 aromatic carbocycles. The number of nitrogens with zero attached hydrogens (tertiary/aromatic N) is 4. The van der Waals surface area contributed by atoms with Gasteiger partial charge in [0.2, 0.25) is 5.88 Å². The van der Waals surface area contributed by atoms with E-state index in [0.29, 0.717) is 10.7 Å². The molecule has 0 aliphatic carbocycles. The zero-order valence-corrected chi connectivity index (χ0v) is 15.9. The molecule has 32 heavy (non-hydrogen) atoms. The first kappa shape index (κ1) is 22.5. The summed E-state index contributed by atoms with van der Waals surface area (Å²) < 4.78 is 63.7. The number of amides is 1. The fraction of sp³-hybridized carbons (Fsp3) is 0.235. The summed E-state index contributed by atoms with van der Waals surface area (Å²) in [6, 6.07) is 0.486. The van der Waals surface area contributed by atoms with Gasteiger partial charge in [0.05, 0.1) is 0 Å². The molecular formula is C17H12F4N6O5. The van der Waals surface area contributed by atoms with Crippen molar-refractivity contribution >= 4 is 11.6 Å². The number of nitrogens with one attached hydrogen (secondary N) is 2. The Hall–Kier alpha value is -4.19. The van der Waals surface area contributed by atoms with Crippen LogP contribution in [0.2, 0.25) is 0 Å². The van der Waals surface area contributed by atoms with Crippen LogP contribution in [0.3, 0.4) is 0 Å². The van der Waals surface area contributed by atoms with Crippen molar-refractivity contribution < 1.29 is 36.7 Å². The number of aromatic nitrogens is 5. The van der Waals surface area contributed by atoms with Crippen molar-refractivity contribution in [2.75, 3.05) is 5.32 Å². The number of aliphatic hydroxyl groups excluding tert-OH is 1. The third-order valence-electron chi connectivity index (χ3n) is 3.86. The SMILES string of the molecule is C#C[C@H](Oc1nc(-n2nc(CO)[nH]c2=O)c(F)cc1C(=O)Nc1conc1C)C(F)(F)F. The Morgan fingerprint density at radius 1 is 1.50 bits per heavy atom. The Kier molecular flexibility index (Phi) is 5.98. The van der Waals surface area contributed by atoms with Gasteiger partial charge < -0.3 is 19.7 Å². The molecule has 0 unspecified atom stereocenters. The van der Waals surface area contributed by atoms with Crippen LogP contribution in [0.4, 0.5) is 23.2 Å². The lowest BCUT2D eigenvalue weighted by atomic mass is 10.2. The van der Waals surface area contributed by atoms with Crippen LogP contribution in [-0.2, 0) is 6.61 Å². The van der Waals surface area contributed by atoms with E-state index in [4.69, 9.17) is 11.5 Å². The van der Waals surface area contributed by atoms with E-state index < -0.39 is 53.6 Å². The molecule has 0 aliphatic heterocycles. The molecule has 11 nitrogen and oxygen atoms in total. The van der Waals surface area contributed by atoms with Crippen LogP contribution in [0.1, 0.15) is 21.9 Å². The number of carbonyl (C=O) groups excluding carboxylic acids is 1. The third kappa shape index (κ3) is 4.44. The Balaban J connectivity index is 2.12. The topological polar surface area (TPSA) is 148 Å². The smallest absolute Gasteiger partial charge is 0.437 e. The third-order valence-corrected chi connectivity index (χ3v) is 3.86. The number of carbonyl (C=O) groups is 1. The summed E-state index contributed by atoms with van der Waals surface area (Å²) in [5.41, 5.74) is -1.57. The molecule has 0 spiro atoms. The molecule has 0 saturated heterocycles. The second-order valence-electron chi connectivity index (χ2n) is 6.07. The maximum absolute atomic E-state index is 14.7. The largest absolute Gasteiger partial charge is 0.451 e. The summed E-state index contributed by atoms with van der Waals surface area (Å²) in [6.07, 6.45) is -2.00. The Morgan fingerprint density at radius 3 is 2.75 bits per heavy atom. The predicted molar refractivity (Wildman–Crippen MR) is 96.4 cm³/mol. The average Bonchev–Trinajstić information content (AvgIpc) is 3.30. The molecule has 0 fully saturated rings. The molecule has 1 amide bonds. The number of alkyl halides is 3. The maximum Gasteiger partial charge on any atom is 0.437 e. The number of anilines is 1. The van der Waals surface area contributed by atoms with Crippen LogP contribution in [0.15, 0.2) is 21.6 Å². The zero-order chi connectivity index (χ0) is 23.6. The molecule has 15 heteroatoms. The average molecular weight is 456 g/mol. The highest BCUT2D eigenvalue weighted by atomic mass is 19.4. The van der Waals surface area contributed by atoms with Gasteiger partial charge in [-0.2, -0.15) is 22.8 Å². The number of aliphatic hydroxyl groups is 1. The van der Waals surface area contributed by atoms with Gasteiger partial charge in [0, 0.05) is 0 Å². The lowest BCUT2D eigenvalue weighted by Gasteiger charge is -2.18. The highest BCUT2D eigenvalue weighted by molar-refractivity contribution is 6.06. The number of hydrogen-bond acceptors (Lipinski definition) is 8. The van der Waals surface area contributed by atoms with E-state index in [2.05, 4.69) is 34.8 Å². The van der Waals surface area contributed by atoms with E-state index in [1.807, 2.05) is 0 Å². The molecule has 0 aliphatic rings. The first-order valence-electron chi connectivity index (χ1n) is 8.47. The first-order chi connectivity index (χ1) is 15.0. The van der Waals surface area contributed by atoms with Gasteiger partial charge in [-0.15, -0.1) is 11.5 Å². The van der Waals surface area contributed by atoms with Crippen molar-refractivity contribution in [3.05, 3.63) is 45.7 Å². The molecule has 0 radical (unpaired) electrons. The Morgan fingerprint density at radius 2 is 2.22 bits per heavy atom. The molecule has 0 saturated carbocycles. The number of ether oxygens (including phenoxy) is 1. The van der Waals surface area contributed by atoms with Gasteiger partial charge in [-0.05, 0) is 13.0 Å². The number of halogens is 4. The van der Waals surface area contributed by atoms with Crippen molar-refractivity contribution in [3.8, 4) is 24.0 Å². The number of hydrogen-bond donors (Lipinski definition) is 3. The number of pyridine rings is 1. The Labute approximate surface area is 175 Å². The van der Waals surface area contributed by atoms with Crippen LogP contribution >= 0.6 is 0 Å². The van der Waals surface area contributed by atoms with Crippen molar-refractivity contribution in [3.63, 3.8) is 0 Å². The number of rotatable bonds is 6. The quantitative estimate of drug-likeness (QED) is 0.369. The number of aromatic amines is 1. The minimum atomic E-state index is -5.06. The second kappa shape index (κ2) is 8.51. The molecule has 3 N–H and O–H groups in total. The minimum Gasteiger partial charge on any atom is -0.451 e. The monoisotopic (exact) mass is 456 g/mol. The zero-order valence-electron chi connectivity index (χ0n) is 15.9. The summed E-state index contributed by atoms with van der Waals surface area (Å²) in [6.45, 7) is 0.734. The van der Waals surface area contributed by atoms with Crippen LogP contribution < -0.4 is 15.7 Å². The summed E-state index contributed by atoms with van der Waals surface area (Å²) in [5.74, 6) is -3.31. The number of aryl methyl sites for hydroxylation is 1. The Bertz CT molecular complexity index is 1260. The van der Waals surface area contributed by atoms with Gasteiger partial charge in [-0.1, -0.05) is 11.1 Å². The van der Waals surface area contributed by atoms with Gasteiger partial charge in [0.25, 0.3) is 12.0 Å². The van der Waals surface area contributed by atoms with Gasteiger partial charge in [0.1, 0.15) is 29.8 Å². The van der Waals surface area contributed by atoms with E-state index in [-0.39, 0.29) is 17.2 Å². The van der Waals surface area contributed by atoms with Crippen LogP contribution in [-0.4, -0.2) is 48.2 Å². The van der Waals surface area contributed by atoms with Gasteiger partial charge in [-0.25, -0.2) is 9.18 Å². The first-order valence-corrected chi connectivity index (χ1v) is 8.47. The highest BCUT2D eigenvalue weighted by Gasteiger charge is 2.42. The number of H-pyrrole nitrogens is 1. The molecule has 1 atom stereocenters. The maximum atomic E-state index is 14.7. The molecular weight excluding hydrogens is 444 g/mol. The molecule has 3 rings (SSSR count). The lowest BCUT2D eigenvalue weighted by molar-refractivity contribution is -0.177. The number of terminal acetylenes is 1. The molecule has 3 aromatic heterocycles. The molecule has 0 bridgehead atoms. The highest BCUT2D eigenvalue weighted by Crippen LogP contribution is 2.28. The predicted octanol–water partition coefficient (Wildman–Crippen LogP) is 1.08. The van der Waals surface area contributed by atoms with E-state index in [1.54, 1.807) is 0 Å². The fourth-order valence-electron chi connectivity index (χ4n) is 2.36. The lowest BCUT2D eigenvalue weighted by Crippen LogP contribution is -2.34. The van der Waals surface area contributed by atoms with Crippen LogP contribution in [0.25, 0.3) is 5.82 Å². The van der Waals surface area contributed by atoms with Crippen molar-refractivity contribution in [2.24, 2.45) is 0 Å². The van der Waals surface area contributed by atoms with Crippen molar-refractivity contribution in [1.29, 1.82) is 0 Å². The summed E-state index contributed by atoms with van der Waals surface area (Å²) in [5, 5.41) is 18.4. The van der Waals surface area contributed by atoms with Crippen molar-refractivity contribution in [1.82, 2.24) is 24.9 Å². The standard InChI is InChI=1S/C17H12F4N6O5/c1-3-11(17(19,20)21)32-15-8(14(29)22-10-6-31-26-7(10)2)4-9(18)13(24-15)27-16(30)23-12(5-28)25-27/h1,4,6,11,28H,5H2,2H3,(H,22,29)(H,23,25,30)/t11-/m0/s1. The van der Waals surface area contributed by atoms with E-state index >= 15 is 0 Å². The van der Waals surface area contributed by atoms with Gasteiger partial charge >= 0.3 is 11.9 Å². The normalized spacial score (nSPS) is 12.3. The molecule has 3 aromatic rings. The van der Waals surface area contributed by atoms with Crippen LogP contribution in [0, 0.1) is 25.1 Å². The molecule has 3 heterocycles. The second-order valence-corrected chi connectivity index (χ2v) is 6.07. The van der Waals surface area contributed by atoms with E-state index in [0.717, 1.165) is 6.26 Å². The van der Waals surface area contributed by atoms with Crippen LogP contribution in [0.5, 0.6) is 5.88 Å². The fourth-order valence-corrected chi connectivity index (χ4v) is 2.36. The molecule has 168 valence electrons. The van der Waals surface area contributed by atoms with Gasteiger partial charge in [-0.3, -0.25) is 9.78 Å². The summed E-state index contributed by atoms with van der Waals surface area (Å²) >= 11 is 0. The summed E-state index contributed by atoms with van der Waals surface area (Å²) in [7, 11) is 0.